The summed E-state index contributed by atoms with van der Waals surface area (Å²) >= 11 is 3.40. The van der Waals surface area contributed by atoms with Crippen LogP contribution in [0.3, 0.4) is 0 Å². The quantitative estimate of drug-likeness (QED) is 0.365. The molecule has 0 bridgehead atoms. The molecule has 1 unspecified atom stereocenters. The summed E-state index contributed by atoms with van der Waals surface area (Å²) in [4.78, 5) is 16.1. The van der Waals surface area contributed by atoms with Gasteiger partial charge in [0, 0.05) is 43.7 Å². The first-order valence-corrected chi connectivity index (χ1v) is 11.2. The molecule has 0 saturated heterocycles. The van der Waals surface area contributed by atoms with Crippen molar-refractivity contribution in [3.63, 3.8) is 0 Å². The van der Waals surface area contributed by atoms with Crippen molar-refractivity contribution in [2.75, 3.05) is 27.2 Å². The number of unbranched alkanes of at least 4 members (excludes halogenated alkanes) is 1. The zero-order valence-electron chi connectivity index (χ0n) is 17.0. The number of thiazole rings is 2. The number of nitrogens with one attached hydrogen (secondary N) is 1. The van der Waals surface area contributed by atoms with Crippen molar-refractivity contribution < 1.29 is 4.74 Å². The summed E-state index contributed by atoms with van der Waals surface area (Å²) in [6, 6.07) is 0. The average molecular weight is 410 g/mol. The SMILES string of the molecule is CCNC(=NCCCCc1nc(C)cs1)N(C)Cc1csc(C(C)OC)n1. The topological polar surface area (TPSA) is 62.6 Å². The molecular formula is C19H31N5OS2. The van der Waals surface area contributed by atoms with Gasteiger partial charge in [0.2, 0.25) is 0 Å². The molecule has 0 spiro atoms. The first-order chi connectivity index (χ1) is 13.0. The van der Waals surface area contributed by atoms with Gasteiger partial charge in [0.25, 0.3) is 0 Å². The van der Waals surface area contributed by atoms with Crippen molar-refractivity contribution in [3.05, 3.63) is 32.2 Å². The van der Waals surface area contributed by atoms with Crippen LogP contribution in [0.25, 0.3) is 0 Å². The highest BCUT2D eigenvalue weighted by Gasteiger charge is 2.12. The van der Waals surface area contributed by atoms with Gasteiger partial charge in [0.05, 0.1) is 17.2 Å². The number of rotatable bonds is 10. The van der Waals surface area contributed by atoms with Crippen molar-refractivity contribution in [3.8, 4) is 0 Å². The number of methoxy groups -OCH3 is 1. The third-order valence-electron chi connectivity index (χ3n) is 4.09. The summed E-state index contributed by atoms with van der Waals surface area (Å²) in [7, 11) is 3.77. The van der Waals surface area contributed by atoms with Gasteiger partial charge in [0.15, 0.2) is 5.96 Å². The van der Waals surface area contributed by atoms with Crippen molar-refractivity contribution in [1.82, 2.24) is 20.2 Å². The molecule has 2 aromatic rings. The van der Waals surface area contributed by atoms with Crippen LogP contribution in [0.15, 0.2) is 15.8 Å². The monoisotopic (exact) mass is 409 g/mol. The van der Waals surface area contributed by atoms with Crippen LogP contribution in [0, 0.1) is 6.92 Å². The fourth-order valence-corrected chi connectivity index (χ4v) is 4.22. The molecular weight excluding hydrogens is 378 g/mol. The van der Waals surface area contributed by atoms with Gasteiger partial charge in [-0.05, 0) is 40.0 Å². The van der Waals surface area contributed by atoms with E-state index in [-0.39, 0.29) is 6.10 Å². The van der Waals surface area contributed by atoms with Crippen LogP contribution in [0.1, 0.15) is 54.2 Å². The number of aliphatic imine (C=N–C) groups is 1. The predicted octanol–water partition coefficient (Wildman–Crippen LogP) is 4.04. The Hall–Kier alpha value is -1.51. The largest absolute Gasteiger partial charge is 0.375 e. The maximum Gasteiger partial charge on any atom is 0.194 e. The minimum absolute atomic E-state index is 0.0394. The maximum absolute atomic E-state index is 5.34. The van der Waals surface area contributed by atoms with E-state index in [2.05, 4.69) is 44.9 Å². The summed E-state index contributed by atoms with van der Waals surface area (Å²) < 4.78 is 5.34. The van der Waals surface area contributed by atoms with Crippen LogP contribution in [-0.4, -0.2) is 48.1 Å². The van der Waals surface area contributed by atoms with E-state index in [0.717, 1.165) is 61.3 Å². The number of ether oxygens (including phenoxy) is 1. The Balaban J connectivity index is 1.82. The molecule has 2 aromatic heterocycles. The Bertz CT molecular complexity index is 713. The van der Waals surface area contributed by atoms with Crippen LogP contribution in [0.2, 0.25) is 0 Å². The lowest BCUT2D eigenvalue weighted by atomic mass is 10.2. The smallest absolute Gasteiger partial charge is 0.194 e. The third kappa shape index (κ3) is 7.20. The maximum atomic E-state index is 5.34. The first kappa shape index (κ1) is 21.8. The summed E-state index contributed by atoms with van der Waals surface area (Å²) in [6.45, 7) is 8.56. The number of aromatic nitrogens is 2. The van der Waals surface area contributed by atoms with Crippen LogP contribution in [0.4, 0.5) is 0 Å². The summed E-state index contributed by atoms with van der Waals surface area (Å²) in [6.07, 6.45) is 3.26. The molecule has 0 aliphatic rings. The normalized spacial score (nSPS) is 13.0. The zero-order valence-corrected chi connectivity index (χ0v) is 18.6. The van der Waals surface area contributed by atoms with E-state index < -0.39 is 0 Å². The molecule has 150 valence electrons. The van der Waals surface area contributed by atoms with Crippen molar-refractivity contribution >= 4 is 28.6 Å². The standard InChI is InChI=1S/C19H31N5OS2/c1-6-20-19(21-10-8-7-9-17-22-14(2)12-26-17)24(4)11-16-13-27-18(23-16)15(3)25-5/h12-13,15H,6-11H2,1-5H3,(H,20,21). The van der Waals surface area contributed by atoms with Crippen LogP contribution in [-0.2, 0) is 17.7 Å². The highest BCUT2D eigenvalue weighted by molar-refractivity contribution is 7.10. The second kappa shape index (κ2) is 11.4. The molecule has 1 N–H and O–H groups in total. The number of guanidine groups is 1. The van der Waals surface area contributed by atoms with Crippen LogP contribution >= 0.6 is 22.7 Å². The second-order valence-corrected chi connectivity index (χ2v) is 8.32. The molecule has 0 aliphatic carbocycles. The van der Waals surface area contributed by atoms with Gasteiger partial charge < -0.3 is 15.0 Å². The molecule has 0 fully saturated rings. The molecule has 2 rings (SSSR count). The minimum atomic E-state index is 0.0394. The minimum Gasteiger partial charge on any atom is -0.375 e. The molecule has 6 nitrogen and oxygen atoms in total. The highest BCUT2D eigenvalue weighted by atomic mass is 32.1. The average Bonchev–Trinajstić information content (AvgIpc) is 3.28. The molecule has 0 aliphatic heterocycles. The summed E-state index contributed by atoms with van der Waals surface area (Å²) in [5, 5.41) is 9.83. The van der Waals surface area contributed by atoms with E-state index in [1.165, 1.54) is 5.01 Å². The fraction of sp³-hybridized carbons (Fsp3) is 0.632. The van der Waals surface area contributed by atoms with Crippen molar-refractivity contribution in [1.29, 1.82) is 0 Å². The molecule has 0 saturated carbocycles. The van der Waals surface area contributed by atoms with Gasteiger partial charge in [-0.25, -0.2) is 9.97 Å². The molecule has 8 heteroatoms. The van der Waals surface area contributed by atoms with Gasteiger partial charge in [-0.15, -0.1) is 22.7 Å². The highest BCUT2D eigenvalue weighted by Crippen LogP contribution is 2.21. The molecule has 1 atom stereocenters. The number of aryl methyl sites for hydroxylation is 2. The Labute approximate surface area is 170 Å². The van der Waals surface area contributed by atoms with Gasteiger partial charge in [-0.2, -0.15) is 0 Å². The molecule has 0 aromatic carbocycles. The van der Waals surface area contributed by atoms with Crippen LogP contribution < -0.4 is 5.32 Å². The lowest BCUT2D eigenvalue weighted by molar-refractivity contribution is 0.119. The van der Waals surface area contributed by atoms with E-state index >= 15 is 0 Å². The Kier molecular flexibility index (Phi) is 9.17. The van der Waals surface area contributed by atoms with E-state index in [9.17, 15) is 0 Å². The van der Waals surface area contributed by atoms with Gasteiger partial charge in [-0.3, -0.25) is 4.99 Å². The Morgan fingerprint density at radius 3 is 2.78 bits per heavy atom. The number of hydrogen-bond acceptors (Lipinski definition) is 6. The van der Waals surface area contributed by atoms with E-state index in [4.69, 9.17) is 9.73 Å². The van der Waals surface area contributed by atoms with Gasteiger partial charge in [0.1, 0.15) is 11.1 Å². The molecule has 2 heterocycles. The Morgan fingerprint density at radius 2 is 2.11 bits per heavy atom. The lowest BCUT2D eigenvalue weighted by Crippen LogP contribution is -2.38. The van der Waals surface area contributed by atoms with E-state index in [1.807, 2.05) is 13.8 Å². The summed E-state index contributed by atoms with van der Waals surface area (Å²) in [5.74, 6) is 0.928. The third-order valence-corrected chi connectivity index (χ3v) is 6.17. The Morgan fingerprint density at radius 1 is 1.30 bits per heavy atom. The number of nitrogens with zero attached hydrogens (tertiary/aromatic N) is 4. The van der Waals surface area contributed by atoms with Crippen molar-refractivity contribution in [2.45, 2.75) is 52.7 Å². The van der Waals surface area contributed by atoms with Crippen molar-refractivity contribution in [2.24, 2.45) is 4.99 Å². The predicted molar refractivity (Wildman–Crippen MR) is 115 cm³/mol. The van der Waals surface area contributed by atoms with E-state index in [0.29, 0.717) is 0 Å². The van der Waals surface area contributed by atoms with Crippen LogP contribution in [0.5, 0.6) is 0 Å². The van der Waals surface area contributed by atoms with Gasteiger partial charge in [-0.1, -0.05) is 0 Å². The van der Waals surface area contributed by atoms with E-state index in [1.54, 1.807) is 29.8 Å². The second-order valence-electron chi connectivity index (χ2n) is 6.49. The number of hydrogen-bond donors (Lipinski definition) is 1. The van der Waals surface area contributed by atoms with Gasteiger partial charge >= 0.3 is 0 Å². The fourth-order valence-electron chi connectivity index (χ4n) is 2.56. The molecule has 0 radical (unpaired) electrons. The first-order valence-electron chi connectivity index (χ1n) is 9.41. The molecule has 0 amide bonds. The summed E-state index contributed by atoms with van der Waals surface area (Å²) in [5.41, 5.74) is 2.17. The molecule has 27 heavy (non-hydrogen) atoms. The zero-order chi connectivity index (χ0) is 19.6. The lowest BCUT2D eigenvalue weighted by Gasteiger charge is -2.21.